The van der Waals surface area contributed by atoms with Crippen molar-refractivity contribution in [3.63, 3.8) is 0 Å². The number of benzene rings is 3. The van der Waals surface area contributed by atoms with Crippen LogP contribution in [0.3, 0.4) is 0 Å². The van der Waals surface area contributed by atoms with Gasteiger partial charge in [-0.2, -0.15) is 4.98 Å². The monoisotopic (exact) mass is 421 g/mol. The third-order valence-corrected chi connectivity index (χ3v) is 4.45. The zero-order valence-corrected chi connectivity index (χ0v) is 16.4. The Balaban J connectivity index is 1.53. The van der Waals surface area contributed by atoms with E-state index in [0.29, 0.717) is 16.8 Å². The fourth-order valence-corrected chi connectivity index (χ4v) is 2.85. The molecule has 4 aromatic rings. The summed E-state index contributed by atoms with van der Waals surface area (Å²) < 4.78 is 37.7. The maximum atomic E-state index is 13.8. The van der Waals surface area contributed by atoms with E-state index < -0.39 is 17.8 Å². The number of carbonyl (C=O) groups is 1. The Hall–Kier alpha value is -4.07. The topological polar surface area (TPSA) is 77.2 Å². The average Bonchev–Trinajstić information content (AvgIpc) is 3.26. The summed E-state index contributed by atoms with van der Waals surface area (Å²) in [6.45, 7) is 1.52. The van der Waals surface area contributed by atoms with Crippen LogP contribution in [0.15, 0.2) is 77.3 Å². The normalized spacial score (nSPS) is 11.7. The number of nitrogens with zero attached hydrogens (tertiary/aromatic N) is 2. The Bertz CT molecular complexity index is 1210. The van der Waals surface area contributed by atoms with Crippen LogP contribution in [0.2, 0.25) is 0 Å². The summed E-state index contributed by atoms with van der Waals surface area (Å²) >= 11 is 0. The molecule has 1 amide bonds. The van der Waals surface area contributed by atoms with E-state index in [0.717, 1.165) is 0 Å². The summed E-state index contributed by atoms with van der Waals surface area (Å²) in [5.74, 6) is -0.951. The Labute approximate surface area is 176 Å². The number of nitrogens with one attached hydrogen (secondary N) is 1. The molecule has 0 aliphatic heterocycles. The van der Waals surface area contributed by atoms with Crippen molar-refractivity contribution >= 4 is 11.6 Å². The summed E-state index contributed by atoms with van der Waals surface area (Å²) in [5.41, 5.74) is 1.51. The molecule has 0 aliphatic carbocycles. The summed E-state index contributed by atoms with van der Waals surface area (Å²) in [7, 11) is 0. The molecule has 0 spiro atoms. The Morgan fingerprint density at radius 1 is 1.00 bits per heavy atom. The third-order valence-electron chi connectivity index (χ3n) is 4.45. The first-order valence-corrected chi connectivity index (χ1v) is 9.42. The Kier molecular flexibility index (Phi) is 5.70. The highest BCUT2D eigenvalue weighted by Crippen LogP contribution is 2.29. The van der Waals surface area contributed by atoms with Crippen LogP contribution in [0.4, 0.5) is 14.5 Å². The summed E-state index contributed by atoms with van der Waals surface area (Å²) in [4.78, 5) is 16.9. The molecule has 0 fully saturated rings. The van der Waals surface area contributed by atoms with Gasteiger partial charge in [0, 0.05) is 5.56 Å². The molecule has 0 saturated carbocycles. The van der Waals surface area contributed by atoms with Crippen molar-refractivity contribution in [2.24, 2.45) is 0 Å². The van der Waals surface area contributed by atoms with Crippen molar-refractivity contribution < 1.29 is 22.8 Å². The van der Waals surface area contributed by atoms with Crippen LogP contribution in [-0.4, -0.2) is 22.2 Å². The molecule has 1 aromatic heterocycles. The summed E-state index contributed by atoms with van der Waals surface area (Å²) in [6.07, 6.45) is -0.956. The van der Waals surface area contributed by atoms with E-state index >= 15 is 0 Å². The van der Waals surface area contributed by atoms with Gasteiger partial charge in [0.15, 0.2) is 17.7 Å². The Morgan fingerprint density at radius 2 is 1.71 bits per heavy atom. The number of ether oxygens (including phenoxy) is 1. The second kappa shape index (κ2) is 8.74. The lowest BCUT2D eigenvalue weighted by molar-refractivity contribution is -0.122. The van der Waals surface area contributed by atoms with Crippen molar-refractivity contribution in [1.29, 1.82) is 0 Å². The van der Waals surface area contributed by atoms with Gasteiger partial charge >= 0.3 is 0 Å². The van der Waals surface area contributed by atoms with E-state index in [1.807, 2.05) is 0 Å². The minimum atomic E-state index is -0.956. The van der Waals surface area contributed by atoms with Gasteiger partial charge in [-0.3, -0.25) is 4.79 Å². The van der Waals surface area contributed by atoms with E-state index in [9.17, 15) is 13.6 Å². The van der Waals surface area contributed by atoms with Crippen LogP contribution in [0.1, 0.15) is 6.92 Å². The molecule has 0 bridgehead atoms. The van der Waals surface area contributed by atoms with Crippen molar-refractivity contribution in [1.82, 2.24) is 10.1 Å². The van der Waals surface area contributed by atoms with Crippen molar-refractivity contribution in [2.45, 2.75) is 13.0 Å². The van der Waals surface area contributed by atoms with Gasteiger partial charge in [-0.15, -0.1) is 0 Å². The molecule has 4 rings (SSSR count). The van der Waals surface area contributed by atoms with Gasteiger partial charge in [0.2, 0.25) is 5.82 Å². The molecular formula is C23H17F2N3O3. The number of anilines is 1. The standard InChI is InChI=1S/C23H17F2N3O3/c1-14(30-20-9-5-3-7-18(20)25)22(29)26-19-8-4-2-6-17(19)23-27-21(28-31-23)15-10-12-16(24)13-11-15/h2-14H,1H3,(H,26,29)/t14-/m0/s1. The molecule has 3 aromatic carbocycles. The lowest BCUT2D eigenvalue weighted by Crippen LogP contribution is -2.30. The molecule has 1 heterocycles. The summed E-state index contributed by atoms with van der Waals surface area (Å²) in [5, 5.41) is 6.67. The van der Waals surface area contributed by atoms with E-state index in [1.165, 1.54) is 37.3 Å². The number of halogens is 2. The van der Waals surface area contributed by atoms with E-state index in [-0.39, 0.29) is 23.3 Å². The van der Waals surface area contributed by atoms with Gasteiger partial charge in [0.1, 0.15) is 5.82 Å². The molecule has 8 heteroatoms. The quantitative estimate of drug-likeness (QED) is 0.469. The van der Waals surface area contributed by atoms with Crippen LogP contribution in [0.25, 0.3) is 22.8 Å². The van der Waals surface area contributed by atoms with Gasteiger partial charge in [0.25, 0.3) is 11.8 Å². The maximum Gasteiger partial charge on any atom is 0.265 e. The molecule has 6 nitrogen and oxygen atoms in total. The van der Waals surface area contributed by atoms with Crippen LogP contribution in [-0.2, 0) is 4.79 Å². The van der Waals surface area contributed by atoms with Gasteiger partial charge < -0.3 is 14.6 Å². The second-order valence-electron chi connectivity index (χ2n) is 6.66. The first-order chi connectivity index (χ1) is 15.0. The van der Waals surface area contributed by atoms with Gasteiger partial charge in [-0.1, -0.05) is 29.4 Å². The fourth-order valence-electron chi connectivity index (χ4n) is 2.85. The predicted molar refractivity (Wildman–Crippen MR) is 110 cm³/mol. The van der Waals surface area contributed by atoms with Crippen LogP contribution < -0.4 is 10.1 Å². The summed E-state index contributed by atoms with van der Waals surface area (Å²) in [6, 6.07) is 18.4. The molecule has 31 heavy (non-hydrogen) atoms. The number of hydrogen-bond donors (Lipinski definition) is 1. The largest absolute Gasteiger partial charge is 0.478 e. The van der Waals surface area contributed by atoms with Crippen LogP contribution >= 0.6 is 0 Å². The SMILES string of the molecule is C[C@H](Oc1ccccc1F)C(=O)Nc1ccccc1-c1nc(-c2ccc(F)cc2)no1. The zero-order chi connectivity index (χ0) is 21.8. The molecule has 0 unspecified atom stereocenters. The molecule has 1 N–H and O–H groups in total. The first kappa shape index (κ1) is 20.2. The van der Waals surface area contributed by atoms with Crippen molar-refractivity contribution in [3.8, 4) is 28.6 Å². The molecule has 156 valence electrons. The maximum absolute atomic E-state index is 13.8. The number of para-hydroxylation sites is 2. The van der Waals surface area contributed by atoms with Crippen molar-refractivity contribution in [3.05, 3.63) is 84.4 Å². The smallest absolute Gasteiger partial charge is 0.265 e. The lowest BCUT2D eigenvalue weighted by atomic mass is 10.1. The van der Waals surface area contributed by atoms with Crippen molar-refractivity contribution in [2.75, 3.05) is 5.32 Å². The first-order valence-electron chi connectivity index (χ1n) is 9.42. The zero-order valence-electron chi connectivity index (χ0n) is 16.4. The highest BCUT2D eigenvalue weighted by molar-refractivity contribution is 5.97. The van der Waals surface area contributed by atoms with Gasteiger partial charge in [-0.25, -0.2) is 8.78 Å². The van der Waals surface area contributed by atoms with Crippen LogP contribution in [0, 0.1) is 11.6 Å². The van der Waals surface area contributed by atoms with Crippen LogP contribution in [0.5, 0.6) is 5.75 Å². The number of carbonyl (C=O) groups excluding carboxylic acids is 1. The lowest BCUT2D eigenvalue weighted by Gasteiger charge is -2.16. The van der Waals surface area contributed by atoms with Gasteiger partial charge in [0.05, 0.1) is 11.3 Å². The number of hydrogen-bond acceptors (Lipinski definition) is 5. The van der Waals surface area contributed by atoms with Gasteiger partial charge in [-0.05, 0) is 55.5 Å². The predicted octanol–water partition coefficient (Wildman–Crippen LogP) is 5.09. The Morgan fingerprint density at radius 3 is 2.48 bits per heavy atom. The number of rotatable bonds is 6. The molecule has 0 saturated heterocycles. The third kappa shape index (κ3) is 4.58. The fraction of sp³-hybridized carbons (Fsp3) is 0.0870. The van der Waals surface area contributed by atoms with E-state index in [1.54, 1.807) is 42.5 Å². The van der Waals surface area contributed by atoms with E-state index in [4.69, 9.17) is 9.26 Å². The minimum Gasteiger partial charge on any atom is -0.478 e. The highest BCUT2D eigenvalue weighted by atomic mass is 19.1. The molecular weight excluding hydrogens is 404 g/mol. The molecule has 0 radical (unpaired) electrons. The molecule has 0 aliphatic rings. The average molecular weight is 421 g/mol. The number of aromatic nitrogens is 2. The highest BCUT2D eigenvalue weighted by Gasteiger charge is 2.20. The molecule has 1 atom stereocenters. The minimum absolute atomic E-state index is 0.0146. The van der Waals surface area contributed by atoms with E-state index in [2.05, 4.69) is 15.5 Å². The number of amides is 1. The second-order valence-corrected chi connectivity index (χ2v) is 6.66.